The molecule has 4 heterocycles. The van der Waals surface area contributed by atoms with Gasteiger partial charge in [-0.25, -0.2) is 0 Å². The fourth-order valence-electron chi connectivity index (χ4n) is 6.21. The Morgan fingerprint density at radius 1 is 0.975 bits per heavy atom. The van der Waals surface area contributed by atoms with Crippen LogP contribution in [0.1, 0.15) is 54.5 Å². The van der Waals surface area contributed by atoms with Gasteiger partial charge < -0.3 is 24.8 Å². The highest BCUT2D eigenvalue weighted by molar-refractivity contribution is 7.80. The Morgan fingerprint density at radius 3 is 2.42 bits per heavy atom. The monoisotopic (exact) mass is 571 g/mol. The van der Waals surface area contributed by atoms with Gasteiger partial charge in [-0.3, -0.25) is 4.98 Å². The number of halogens is 1. The van der Waals surface area contributed by atoms with E-state index in [0.717, 1.165) is 63.7 Å². The lowest BCUT2D eigenvalue weighted by molar-refractivity contribution is 0.438. The molecule has 6 rings (SSSR count). The van der Waals surface area contributed by atoms with Gasteiger partial charge in [0.05, 0.1) is 34.2 Å². The number of aromatic hydroxyl groups is 1. The summed E-state index contributed by atoms with van der Waals surface area (Å²) < 4.78 is 2.10. The molecule has 40 heavy (non-hydrogen) atoms. The van der Waals surface area contributed by atoms with Gasteiger partial charge in [0, 0.05) is 36.4 Å². The molecule has 206 valence electrons. The molecule has 8 heteroatoms. The molecule has 0 bridgehead atoms. The first-order valence-electron chi connectivity index (χ1n) is 13.9. The number of para-hydroxylation sites is 2. The topological polar surface area (TPSA) is 56.6 Å². The molecule has 0 spiro atoms. The first-order valence-corrected chi connectivity index (χ1v) is 14.6. The van der Waals surface area contributed by atoms with Crippen molar-refractivity contribution in [2.45, 2.75) is 45.7 Å². The van der Waals surface area contributed by atoms with Gasteiger partial charge in [-0.05, 0) is 98.9 Å². The van der Waals surface area contributed by atoms with Gasteiger partial charge in [-0.1, -0.05) is 36.7 Å². The Bertz CT molecular complexity index is 1550. The van der Waals surface area contributed by atoms with Crippen LogP contribution in [0.15, 0.2) is 72.9 Å². The molecule has 0 saturated carbocycles. The van der Waals surface area contributed by atoms with E-state index in [0.29, 0.717) is 5.11 Å². The van der Waals surface area contributed by atoms with E-state index in [1.807, 2.05) is 48.7 Å². The van der Waals surface area contributed by atoms with Crippen LogP contribution in [0.25, 0.3) is 5.69 Å². The second-order valence-corrected chi connectivity index (χ2v) is 11.7. The number of nitrogens with one attached hydrogen (secondary N) is 1. The van der Waals surface area contributed by atoms with Crippen LogP contribution in [0.3, 0.4) is 0 Å². The number of phenolic OH excluding ortho intramolecular Hbond substituents is 1. The molecular formula is C32H34ClN5OS. The third kappa shape index (κ3) is 4.71. The maximum absolute atomic E-state index is 10.7. The number of hydrogen-bond acceptors (Lipinski definition) is 4. The minimum atomic E-state index is -0.175. The summed E-state index contributed by atoms with van der Waals surface area (Å²) in [6.07, 6.45) is 4.17. The quantitative estimate of drug-likeness (QED) is 0.246. The van der Waals surface area contributed by atoms with Crippen LogP contribution in [-0.4, -0.2) is 32.9 Å². The van der Waals surface area contributed by atoms with Gasteiger partial charge in [0.25, 0.3) is 0 Å². The summed E-state index contributed by atoms with van der Waals surface area (Å²) in [4.78, 5) is 9.26. The van der Waals surface area contributed by atoms with Crippen molar-refractivity contribution in [3.63, 3.8) is 0 Å². The van der Waals surface area contributed by atoms with E-state index in [1.165, 1.54) is 12.8 Å². The van der Waals surface area contributed by atoms with Gasteiger partial charge >= 0.3 is 0 Å². The van der Waals surface area contributed by atoms with Gasteiger partial charge in [-0.15, -0.1) is 0 Å². The maximum atomic E-state index is 10.7. The van der Waals surface area contributed by atoms with Crippen molar-refractivity contribution >= 4 is 40.3 Å². The smallest absolute Gasteiger partial charge is 0.174 e. The van der Waals surface area contributed by atoms with Gasteiger partial charge in [0.15, 0.2) is 5.11 Å². The molecule has 0 radical (unpaired) electrons. The fraction of sp³-hybridized carbons (Fsp3) is 0.312. The minimum Gasteiger partial charge on any atom is -0.506 e. The molecule has 0 amide bonds. The standard InChI is InChI=1S/C32H34ClN5OS/c1-20-13-16-36(17-14-20)27-12-11-23(19-25(27)33)38-31(30(35-32(38)40)26-8-6-7-15-34-26)24-18-21(2)37(22(24)3)28-9-4-5-10-29(28)39/h4-12,15,18-20,30-31,39H,13-14,16-17H2,1-3H3,(H,35,40)/t30-,31+/m1/s1. The maximum Gasteiger partial charge on any atom is 0.174 e. The highest BCUT2D eigenvalue weighted by Gasteiger charge is 2.42. The highest BCUT2D eigenvalue weighted by Crippen LogP contribution is 2.45. The third-order valence-electron chi connectivity index (χ3n) is 8.34. The first kappa shape index (κ1) is 26.7. The molecule has 2 saturated heterocycles. The van der Waals surface area contributed by atoms with E-state index >= 15 is 0 Å². The van der Waals surface area contributed by atoms with E-state index in [9.17, 15) is 5.11 Å². The number of nitrogens with zero attached hydrogens (tertiary/aromatic N) is 4. The molecule has 2 aromatic heterocycles. The summed E-state index contributed by atoms with van der Waals surface area (Å²) in [6, 6.07) is 21.5. The normalized spacial score (nSPS) is 19.8. The van der Waals surface area contributed by atoms with E-state index in [-0.39, 0.29) is 17.8 Å². The number of piperidine rings is 1. The number of benzene rings is 2. The van der Waals surface area contributed by atoms with E-state index < -0.39 is 0 Å². The number of pyridine rings is 1. The fourth-order valence-corrected chi connectivity index (χ4v) is 6.85. The molecule has 2 fully saturated rings. The number of thiocarbonyl (C=S) groups is 1. The summed E-state index contributed by atoms with van der Waals surface area (Å²) in [6.45, 7) is 8.52. The lowest BCUT2D eigenvalue weighted by atomic mass is 9.96. The van der Waals surface area contributed by atoms with Crippen molar-refractivity contribution in [2.24, 2.45) is 5.92 Å². The lowest BCUT2D eigenvalue weighted by Gasteiger charge is -2.33. The number of phenols is 1. The summed E-state index contributed by atoms with van der Waals surface area (Å²) in [7, 11) is 0. The largest absolute Gasteiger partial charge is 0.506 e. The number of aromatic nitrogens is 2. The zero-order valence-corrected chi connectivity index (χ0v) is 24.6. The number of rotatable bonds is 5. The Balaban J connectivity index is 1.45. The molecule has 0 aliphatic carbocycles. The molecule has 2 N–H and O–H groups in total. The van der Waals surface area contributed by atoms with Crippen LogP contribution < -0.4 is 15.1 Å². The average Bonchev–Trinajstić information content (AvgIpc) is 3.45. The second kappa shape index (κ2) is 10.8. The van der Waals surface area contributed by atoms with Crippen LogP contribution in [0.2, 0.25) is 5.02 Å². The predicted octanol–water partition coefficient (Wildman–Crippen LogP) is 7.26. The minimum absolute atomic E-state index is 0.172. The number of anilines is 2. The Morgan fingerprint density at radius 2 is 1.73 bits per heavy atom. The SMILES string of the molecule is Cc1cc([C@H]2[C@@H](c3ccccn3)NC(=S)N2c2ccc(N3CCC(C)CC3)c(Cl)c2)c(C)n1-c1ccccc1O. The van der Waals surface area contributed by atoms with Crippen molar-refractivity contribution in [2.75, 3.05) is 22.9 Å². The predicted molar refractivity (Wildman–Crippen MR) is 167 cm³/mol. The molecule has 0 unspecified atom stereocenters. The van der Waals surface area contributed by atoms with Crippen LogP contribution in [0.4, 0.5) is 11.4 Å². The van der Waals surface area contributed by atoms with Crippen LogP contribution in [0, 0.1) is 19.8 Å². The average molecular weight is 572 g/mol. The molecule has 2 aliphatic rings. The summed E-state index contributed by atoms with van der Waals surface area (Å²) in [5.74, 6) is 0.993. The van der Waals surface area contributed by atoms with Crippen LogP contribution in [-0.2, 0) is 0 Å². The Hall–Kier alpha value is -3.55. The van der Waals surface area contributed by atoms with Crippen LogP contribution in [0.5, 0.6) is 5.75 Å². The Kier molecular flexibility index (Phi) is 7.19. The van der Waals surface area contributed by atoms with Crippen molar-refractivity contribution < 1.29 is 5.11 Å². The van der Waals surface area contributed by atoms with E-state index in [1.54, 1.807) is 6.07 Å². The zero-order chi connectivity index (χ0) is 28.0. The number of hydrogen-bond donors (Lipinski definition) is 2. The molecule has 6 nitrogen and oxygen atoms in total. The molecule has 2 atom stereocenters. The molecule has 2 aliphatic heterocycles. The Labute approximate surface area is 246 Å². The van der Waals surface area contributed by atoms with Gasteiger partial charge in [0.2, 0.25) is 0 Å². The highest BCUT2D eigenvalue weighted by atomic mass is 35.5. The number of aryl methyl sites for hydroxylation is 1. The van der Waals surface area contributed by atoms with Crippen molar-refractivity contribution in [1.29, 1.82) is 0 Å². The van der Waals surface area contributed by atoms with E-state index in [2.05, 4.69) is 58.7 Å². The van der Waals surface area contributed by atoms with Crippen molar-refractivity contribution in [3.8, 4) is 11.4 Å². The summed E-state index contributed by atoms with van der Waals surface area (Å²) >= 11 is 12.9. The lowest BCUT2D eigenvalue weighted by Crippen LogP contribution is -2.33. The summed E-state index contributed by atoms with van der Waals surface area (Å²) in [5, 5.41) is 15.6. The zero-order valence-electron chi connectivity index (χ0n) is 23.0. The molecule has 4 aromatic rings. The van der Waals surface area contributed by atoms with E-state index in [4.69, 9.17) is 28.8 Å². The van der Waals surface area contributed by atoms with Crippen molar-refractivity contribution in [1.82, 2.24) is 14.9 Å². The first-order chi connectivity index (χ1) is 19.3. The van der Waals surface area contributed by atoms with Crippen molar-refractivity contribution in [3.05, 3.63) is 101 Å². The third-order valence-corrected chi connectivity index (χ3v) is 8.96. The molecule has 2 aromatic carbocycles. The van der Waals surface area contributed by atoms with Gasteiger partial charge in [-0.2, -0.15) is 0 Å². The molecular weight excluding hydrogens is 538 g/mol. The summed E-state index contributed by atoms with van der Waals surface area (Å²) in [5.41, 5.74) is 6.84. The van der Waals surface area contributed by atoms with Crippen LogP contribution >= 0.6 is 23.8 Å². The second-order valence-electron chi connectivity index (χ2n) is 11.0. The van der Waals surface area contributed by atoms with Gasteiger partial charge in [0.1, 0.15) is 5.75 Å².